The first-order valence-electron chi connectivity index (χ1n) is 10.8. The van der Waals surface area contributed by atoms with Crippen LogP contribution in [-0.4, -0.2) is 16.1 Å². The monoisotopic (exact) mass is 403 g/mol. The molecule has 31 heavy (non-hydrogen) atoms. The molecular weight excluding hydrogens is 382 g/mol. The molecule has 0 radical (unpaired) electrons. The minimum atomic E-state index is -0.921. The summed E-state index contributed by atoms with van der Waals surface area (Å²) in [5, 5.41) is 15.5. The van der Waals surface area contributed by atoms with Crippen LogP contribution in [0.15, 0.2) is 78.9 Å². The van der Waals surface area contributed by atoms with Crippen molar-refractivity contribution in [2.45, 2.75) is 25.2 Å². The number of aromatic nitrogens is 1. The minimum Gasteiger partial charge on any atom is -0.478 e. The molecule has 3 heteroatoms. The van der Waals surface area contributed by atoms with Crippen LogP contribution in [0.4, 0.5) is 0 Å². The standard InChI is InChI=1S/C28H21NO2/c30-28(31)20-9-8-18-12-15-25(29-26(18)16-20)24-7-3-5-19-11-13-22-21-6-2-1-4-17(21)10-14-23(22)27(19)24/h1-2,4,6,8-16,24H,3,5,7H2,(H,30,31). The third-order valence-corrected chi connectivity index (χ3v) is 6.66. The van der Waals surface area contributed by atoms with Crippen LogP contribution in [0.3, 0.4) is 0 Å². The maximum atomic E-state index is 11.4. The third kappa shape index (κ3) is 2.89. The summed E-state index contributed by atoms with van der Waals surface area (Å²) in [4.78, 5) is 16.4. The Morgan fingerprint density at radius 2 is 1.65 bits per heavy atom. The Kier molecular flexibility index (Phi) is 4.03. The Hall–Kier alpha value is -3.72. The predicted octanol–water partition coefficient (Wildman–Crippen LogP) is 6.71. The first-order chi connectivity index (χ1) is 15.2. The highest BCUT2D eigenvalue weighted by molar-refractivity contribution is 6.09. The van der Waals surface area contributed by atoms with Crippen LogP contribution in [0.2, 0.25) is 0 Å². The second-order valence-corrected chi connectivity index (χ2v) is 8.41. The van der Waals surface area contributed by atoms with Gasteiger partial charge in [-0.2, -0.15) is 0 Å². The van der Waals surface area contributed by atoms with Gasteiger partial charge in [-0.25, -0.2) is 4.79 Å². The van der Waals surface area contributed by atoms with Gasteiger partial charge >= 0.3 is 5.97 Å². The highest BCUT2D eigenvalue weighted by atomic mass is 16.4. The lowest BCUT2D eigenvalue weighted by Gasteiger charge is -2.27. The van der Waals surface area contributed by atoms with E-state index in [-0.39, 0.29) is 11.5 Å². The molecule has 1 aliphatic carbocycles. The van der Waals surface area contributed by atoms with Crippen molar-refractivity contribution < 1.29 is 9.90 Å². The van der Waals surface area contributed by atoms with Gasteiger partial charge in [-0.3, -0.25) is 4.98 Å². The van der Waals surface area contributed by atoms with E-state index in [0.29, 0.717) is 0 Å². The zero-order valence-corrected chi connectivity index (χ0v) is 17.0. The zero-order valence-electron chi connectivity index (χ0n) is 17.0. The van der Waals surface area contributed by atoms with Crippen molar-refractivity contribution >= 4 is 38.4 Å². The molecule has 1 N–H and O–H groups in total. The van der Waals surface area contributed by atoms with Gasteiger partial charge < -0.3 is 5.11 Å². The smallest absolute Gasteiger partial charge is 0.335 e. The van der Waals surface area contributed by atoms with E-state index in [1.807, 2.05) is 6.07 Å². The number of benzene rings is 4. The van der Waals surface area contributed by atoms with Crippen molar-refractivity contribution in [1.82, 2.24) is 4.98 Å². The fraction of sp³-hybridized carbons (Fsp3) is 0.143. The highest BCUT2D eigenvalue weighted by Crippen LogP contribution is 2.42. The lowest BCUT2D eigenvalue weighted by atomic mass is 9.77. The maximum Gasteiger partial charge on any atom is 0.335 e. The molecule has 5 aromatic rings. The van der Waals surface area contributed by atoms with E-state index in [2.05, 4.69) is 60.7 Å². The summed E-state index contributed by atoms with van der Waals surface area (Å²) < 4.78 is 0. The van der Waals surface area contributed by atoms with E-state index in [9.17, 15) is 9.90 Å². The molecule has 1 aliphatic rings. The summed E-state index contributed by atoms with van der Waals surface area (Å²) in [5.74, 6) is -0.707. The second kappa shape index (κ2) is 6.92. The molecule has 0 spiro atoms. The summed E-state index contributed by atoms with van der Waals surface area (Å²) in [6, 6.07) is 26.9. The van der Waals surface area contributed by atoms with Gasteiger partial charge in [0.15, 0.2) is 0 Å². The van der Waals surface area contributed by atoms with Gasteiger partial charge in [0.2, 0.25) is 0 Å². The number of aromatic carboxylic acids is 1. The molecular formula is C28H21NO2. The molecule has 1 heterocycles. The minimum absolute atomic E-state index is 0.214. The van der Waals surface area contributed by atoms with Crippen molar-refractivity contribution in [2.75, 3.05) is 0 Å². The topological polar surface area (TPSA) is 50.2 Å². The van der Waals surface area contributed by atoms with Crippen molar-refractivity contribution in [1.29, 1.82) is 0 Å². The number of pyridine rings is 1. The Bertz CT molecular complexity index is 1500. The van der Waals surface area contributed by atoms with Gasteiger partial charge in [-0.05, 0) is 70.1 Å². The van der Waals surface area contributed by atoms with E-state index in [4.69, 9.17) is 4.98 Å². The lowest BCUT2D eigenvalue weighted by Crippen LogP contribution is -2.13. The van der Waals surface area contributed by atoms with Crippen LogP contribution in [0, 0.1) is 0 Å². The number of carboxylic acids is 1. The molecule has 150 valence electrons. The van der Waals surface area contributed by atoms with E-state index < -0.39 is 5.97 Å². The number of rotatable bonds is 2. The van der Waals surface area contributed by atoms with E-state index >= 15 is 0 Å². The van der Waals surface area contributed by atoms with Crippen LogP contribution in [0.1, 0.15) is 45.9 Å². The number of hydrogen-bond acceptors (Lipinski definition) is 2. The number of carbonyl (C=O) groups is 1. The van der Waals surface area contributed by atoms with E-state index in [1.165, 1.54) is 32.7 Å². The highest BCUT2D eigenvalue weighted by Gasteiger charge is 2.25. The molecule has 0 fully saturated rings. The van der Waals surface area contributed by atoms with Gasteiger partial charge in [0, 0.05) is 17.0 Å². The summed E-state index contributed by atoms with van der Waals surface area (Å²) in [6.45, 7) is 0. The number of hydrogen-bond donors (Lipinski definition) is 1. The average molecular weight is 403 g/mol. The molecule has 0 bridgehead atoms. The Morgan fingerprint density at radius 3 is 2.55 bits per heavy atom. The largest absolute Gasteiger partial charge is 0.478 e. The summed E-state index contributed by atoms with van der Waals surface area (Å²) in [7, 11) is 0. The summed E-state index contributed by atoms with van der Waals surface area (Å²) >= 11 is 0. The maximum absolute atomic E-state index is 11.4. The molecule has 1 unspecified atom stereocenters. The number of aryl methyl sites for hydroxylation is 1. The predicted molar refractivity (Wildman–Crippen MR) is 125 cm³/mol. The van der Waals surface area contributed by atoms with Gasteiger partial charge in [-0.1, -0.05) is 60.7 Å². The molecule has 0 aliphatic heterocycles. The quantitative estimate of drug-likeness (QED) is 0.333. The van der Waals surface area contributed by atoms with Gasteiger partial charge in [0.25, 0.3) is 0 Å². The molecule has 1 aromatic heterocycles. The first kappa shape index (κ1) is 18.1. The number of nitrogens with zero attached hydrogens (tertiary/aromatic N) is 1. The number of fused-ring (bicyclic) bond motifs is 6. The molecule has 4 aromatic carbocycles. The molecule has 1 atom stereocenters. The fourth-order valence-electron chi connectivity index (χ4n) is 5.18. The average Bonchev–Trinajstić information content (AvgIpc) is 2.82. The summed E-state index contributed by atoms with van der Waals surface area (Å²) in [6.07, 6.45) is 3.27. The van der Waals surface area contributed by atoms with Gasteiger partial charge in [0.05, 0.1) is 11.1 Å². The number of carboxylic acid groups (broad SMARTS) is 1. The summed E-state index contributed by atoms with van der Waals surface area (Å²) in [5.41, 5.74) is 4.83. The normalized spacial score (nSPS) is 15.9. The third-order valence-electron chi connectivity index (χ3n) is 6.66. The van der Waals surface area contributed by atoms with Crippen molar-refractivity contribution in [3.63, 3.8) is 0 Å². The van der Waals surface area contributed by atoms with E-state index in [0.717, 1.165) is 35.9 Å². The van der Waals surface area contributed by atoms with Crippen molar-refractivity contribution in [3.05, 3.63) is 101 Å². The first-order valence-corrected chi connectivity index (χ1v) is 10.8. The second-order valence-electron chi connectivity index (χ2n) is 8.41. The molecule has 6 rings (SSSR count). The van der Waals surface area contributed by atoms with Crippen molar-refractivity contribution in [2.24, 2.45) is 0 Å². The Labute approximate surface area is 180 Å². The molecule has 0 saturated heterocycles. The fourth-order valence-corrected chi connectivity index (χ4v) is 5.18. The Balaban J connectivity index is 1.57. The van der Waals surface area contributed by atoms with Gasteiger partial charge in [-0.15, -0.1) is 0 Å². The SMILES string of the molecule is O=C(O)c1ccc2ccc(C3CCCc4ccc5c(ccc6ccccc65)c43)nc2c1. The van der Waals surface area contributed by atoms with Crippen LogP contribution >= 0.6 is 0 Å². The zero-order chi connectivity index (χ0) is 20.9. The van der Waals surface area contributed by atoms with Crippen LogP contribution in [0.5, 0.6) is 0 Å². The molecule has 0 saturated carbocycles. The Morgan fingerprint density at radius 1 is 0.839 bits per heavy atom. The van der Waals surface area contributed by atoms with Crippen LogP contribution in [0.25, 0.3) is 32.4 Å². The van der Waals surface area contributed by atoms with E-state index in [1.54, 1.807) is 12.1 Å². The van der Waals surface area contributed by atoms with Crippen LogP contribution < -0.4 is 0 Å². The van der Waals surface area contributed by atoms with Crippen LogP contribution in [-0.2, 0) is 6.42 Å². The van der Waals surface area contributed by atoms with Crippen molar-refractivity contribution in [3.8, 4) is 0 Å². The molecule has 0 amide bonds. The molecule has 3 nitrogen and oxygen atoms in total. The lowest BCUT2D eigenvalue weighted by molar-refractivity contribution is 0.0697. The van der Waals surface area contributed by atoms with Gasteiger partial charge in [0.1, 0.15) is 0 Å².